The predicted octanol–water partition coefficient (Wildman–Crippen LogP) is 4.58. The number of hydrogen-bond donors (Lipinski definition) is 0. The highest BCUT2D eigenvalue weighted by Crippen LogP contribution is 2.33. The second kappa shape index (κ2) is 4.78. The lowest BCUT2D eigenvalue weighted by atomic mass is 10.1. The molecule has 0 aromatic carbocycles. The van der Waals surface area contributed by atoms with Gasteiger partial charge in [-0.25, -0.2) is 9.97 Å². The summed E-state index contributed by atoms with van der Waals surface area (Å²) in [4.78, 5) is 8.79. The molecule has 0 unspecified atom stereocenters. The number of furan rings is 1. The molecule has 2 heterocycles. The van der Waals surface area contributed by atoms with E-state index >= 15 is 0 Å². The molecule has 17 heavy (non-hydrogen) atoms. The molecule has 2 aromatic rings. The first-order chi connectivity index (χ1) is 8.00. The Kier molecular flexibility index (Phi) is 3.54. The van der Waals surface area contributed by atoms with Gasteiger partial charge in [-0.1, -0.05) is 25.4 Å². The van der Waals surface area contributed by atoms with Crippen LogP contribution in [0.15, 0.2) is 21.2 Å². The van der Waals surface area contributed by atoms with Crippen LogP contribution in [-0.4, -0.2) is 9.97 Å². The van der Waals surface area contributed by atoms with Crippen molar-refractivity contribution >= 4 is 27.5 Å². The van der Waals surface area contributed by atoms with Crippen LogP contribution in [0.25, 0.3) is 11.5 Å². The molecule has 0 saturated carbocycles. The van der Waals surface area contributed by atoms with Crippen LogP contribution in [0.3, 0.4) is 0 Å². The Bertz CT molecular complexity index is 551. The summed E-state index contributed by atoms with van der Waals surface area (Å²) in [6.07, 6.45) is 1.61. The number of hydrogen-bond acceptors (Lipinski definition) is 3. The van der Waals surface area contributed by atoms with Crippen molar-refractivity contribution in [3.63, 3.8) is 0 Å². The van der Waals surface area contributed by atoms with Crippen LogP contribution in [0.2, 0.25) is 5.15 Å². The zero-order valence-electron chi connectivity index (χ0n) is 9.79. The Balaban J connectivity index is 2.65. The molecule has 3 nitrogen and oxygen atoms in total. The number of rotatable bonds is 2. The molecule has 0 fully saturated rings. The minimum atomic E-state index is 0.223. The second-order valence-corrected chi connectivity index (χ2v) is 5.31. The van der Waals surface area contributed by atoms with Crippen molar-refractivity contribution in [2.24, 2.45) is 0 Å². The quantitative estimate of drug-likeness (QED) is 0.761. The van der Waals surface area contributed by atoms with Gasteiger partial charge in [-0.15, -0.1) is 0 Å². The van der Waals surface area contributed by atoms with Crippen LogP contribution in [0.5, 0.6) is 0 Å². The molecule has 2 aromatic heterocycles. The van der Waals surface area contributed by atoms with E-state index in [9.17, 15) is 0 Å². The predicted molar refractivity (Wildman–Crippen MR) is 71.3 cm³/mol. The van der Waals surface area contributed by atoms with Crippen molar-refractivity contribution < 1.29 is 4.42 Å². The first-order valence-electron chi connectivity index (χ1n) is 5.28. The summed E-state index contributed by atoms with van der Waals surface area (Å²) in [6, 6.07) is 1.83. The lowest BCUT2D eigenvalue weighted by Crippen LogP contribution is -2.02. The largest absolute Gasteiger partial charge is 0.461 e. The molecule has 0 N–H and O–H groups in total. The maximum Gasteiger partial charge on any atom is 0.166 e. The standard InChI is InChI=1S/C12H12BrClN2O/c1-6(2)12-15-9(7(3)11(14)16-12)10-8(13)4-5-17-10/h4-6H,1-3H3. The van der Waals surface area contributed by atoms with E-state index in [2.05, 4.69) is 25.9 Å². The van der Waals surface area contributed by atoms with Crippen LogP contribution in [0.4, 0.5) is 0 Å². The molecule has 0 bridgehead atoms. The smallest absolute Gasteiger partial charge is 0.166 e. The normalized spacial score (nSPS) is 11.2. The van der Waals surface area contributed by atoms with Crippen molar-refractivity contribution in [1.82, 2.24) is 9.97 Å². The molecule has 0 spiro atoms. The third-order valence-corrected chi connectivity index (χ3v) is 3.44. The third kappa shape index (κ3) is 2.38. The van der Waals surface area contributed by atoms with Gasteiger partial charge in [0.15, 0.2) is 5.76 Å². The van der Waals surface area contributed by atoms with Crippen molar-refractivity contribution in [2.75, 3.05) is 0 Å². The number of nitrogens with zero attached hydrogens (tertiary/aromatic N) is 2. The molecule has 0 aliphatic carbocycles. The maximum atomic E-state index is 6.12. The van der Waals surface area contributed by atoms with Gasteiger partial charge >= 0.3 is 0 Å². The van der Waals surface area contributed by atoms with Gasteiger partial charge in [0.25, 0.3) is 0 Å². The molecular weight excluding hydrogens is 304 g/mol. The number of aromatic nitrogens is 2. The summed E-state index contributed by atoms with van der Waals surface area (Å²) in [6.45, 7) is 5.95. The van der Waals surface area contributed by atoms with E-state index in [1.165, 1.54) is 0 Å². The van der Waals surface area contributed by atoms with Crippen molar-refractivity contribution in [2.45, 2.75) is 26.7 Å². The lowest BCUT2D eigenvalue weighted by molar-refractivity contribution is 0.577. The van der Waals surface area contributed by atoms with Crippen molar-refractivity contribution in [3.8, 4) is 11.5 Å². The van der Waals surface area contributed by atoms with E-state index in [-0.39, 0.29) is 5.92 Å². The zero-order chi connectivity index (χ0) is 12.6. The average Bonchev–Trinajstić information content (AvgIpc) is 2.68. The fourth-order valence-corrected chi connectivity index (χ4v) is 2.01. The fourth-order valence-electron chi connectivity index (χ4n) is 1.45. The van der Waals surface area contributed by atoms with Gasteiger partial charge in [0, 0.05) is 11.5 Å². The van der Waals surface area contributed by atoms with E-state index in [0.29, 0.717) is 10.9 Å². The highest BCUT2D eigenvalue weighted by Gasteiger charge is 2.17. The van der Waals surface area contributed by atoms with Gasteiger partial charge in [0.2, 0.25) is 0 Å². The van der Waals surface area contributed by atoms with Gasteiger partial charge in [0.05, 0.1) is 10.7 Å². The topological polar surface area (TPSA) is 38.9 Å². The van der Waals surface area contributed by atoms with E-state index in [4.69, 9.17) is 16.0 Å². The molecular formula is C12H12BrClN2O. The minimum Gasteiger partial charge on any atom is -0.461 e. The maximum absolute atomic E-state index is 6.12. The zero-order valence-corrected chi connectivity index (χ0v) is 12.1. The first kappa shape index (κ1) is 12.6. The van der Waals surface area contributed by atoms with Crippen LogP contribution in [0.1, 0.15) is 31.2 Å². The Hall–Kier alpha value is -0.870. The molecule has 0 aliphatic rings. The summed E-state index contributed by atoms with van der Waals surface area (Å²) in [5.41, 5.74) is 1.57. The van der Waals surface area contributed by atoms with E-state index in [1.54, 1.807) is 6.26 Å². The minimum absolute atomic E-state index is 0.223. The van der Waals surface area contributed by atoms with Crippen LogP contribution in [0, 0.1) is 6.92 Å². The van der Waals surface area contributed by atoms with Gasteiger partial charge in [-0.3, -0.25) is 0 Å². The molecule has 0 radical (unpaired) electrons. The summed E-state index contributed by atoms with van der Waals surface area (Å²) >= 11 is 9.55. The number of halogens is 2. The van der Waals surface area contributed by atoms with Gasteiger partial charge < -0.3 is 4.42 Å². The van der Waals surface area contributed by atoms with Crippen LogP contribution >= 0.6 is 27.5 Å². The van der Waals surface area contributed by atoms with Crippen LogP contribution in [-0.2, 0) is 0 Å². The molecule has 0 saturated heterocycles. The SMILES string of the molecule is Cc1c(Cl)nc(C(C)C)nc1-c1occc1Br. The van der Waals surface area contributed by atoms with Crippen LogP contribution < -0.4 is 0 Å². The van der Waals surface area contributed by atoms with Gasteiger partial charge in [0.1, 0.15) is 16.7 Å². The molecule has 0 atom stereocenters. The highest BCUT2D eigenvalue weighted by atomic mass is 79.9. The third-order valence-electron chi connectivity index (χ3n) is 2.45. The van der Waals surface area contributed by atoms with E-state index in [1.807, 2.05) is 26.8 Å². The molecule has 0 amide bonds. The van der Waals surface area contributed by atoms with Crippen molar-refractivity contribution in [3.05, 3.63) is 33.3 Å². The lowest BCUT2D eigenvalue weighted by Gasteiger charge is -2.09. The summed E-state index contributed by atoms with van der Waals surface area (Å²) < 4.78 is 6.29. The highest BCUT2D eigenvalue weighted by molar-refractivity contribution is 9.10. The summed E-state index contributed by atoms with van der Waals surface area (Å²) in [5, 5.41) is 0.474. The second-order valence-electron chi connectivity index (χ2n) is 4.10. The average molecular weight is 316 g/mol. The molecule has 90 valence electrons. The molecule has 2 rings (SSSR count). The molecule has 0 aliphatic heterocycles. The first-order valence-corrected chi connectivity index (χ1v) is 6.45. The van der Waals surface area contributed by atoms with E-state index in [0.717, 1.165) is 21.6 Å². The Morgan fingerprint density at radius 1 is 1.35 bits per heavy atom. The Morgan fingerprint density at radius 2 is 2.06 bits per heavy atom. The van der Waals surface area contributed by atoms with Crippen molar-refractivity contribution in [1.29, 1.82) is 0 Å². The van der Waals surface area contributed by atoms with E-state index < -0.39 is 0 Å². The van der Waals surface area contributed by atoms with Gasteiger partial charge in [-0.05, 0) is 28.9 Å². The monoisotopic (exact) mass is 314 g/mol. The Morgan fingerprint density at radius 3 is 2.59 bits per heavy atom. The van der Waals surface area contributed by atoms with Gasteiger partial charge in [-0.2, -0.15) is 0 Å². The Labute approximate surface area is 113 Å². The molecule has 5 heteroatoms. The summed E-state index contributed by atoms with van der Waals surface area (Å²) in [7, 11) is 0. The fraction of sp³-hybridized carbons (Fsp3) is 0.333. The summed E-state index contributed by atoms with van der Waals surface area (Å²) in [5.74, 6) is 1.63.